The van der Waals surface area contributed by atoms with E-state index < -0.39 is 0 Å². The van der Waals surface area contributed by atoms with Crippen LogP contribution in [0.15, 0.2) is 24.2 Å². The summed E-state index contributed by atoms with van der Waals surface area (Å²) in [6.45, 7) is 0.802. The molecule has 1 atom stereocenters. The average molecular weight is 193 g/mol. The van der Waals surface area contributed by atoms with E-state index in [9.17, 15) is 0 Å². The number of hydrogen-bond acceptors (Lipinski definition) is 3. The Balaban J connectivity index is 2.19. The molecule has 76 valence electrons. The van der Waals surface area contributed by atoms with E-state index in [4.69, 9.17) is 10.5 Å². The van der Waals surface area contributed by atoms with E-state index in [1.165, 1.54) is 0 Å². The number of aryl methyl sites for hydroxylation is 1. The lowest BCUT2D eigenvalue weighted by atomic mass is 10.0. The number of ether oxygens (including phenoxy) is 1. The number of rotatable bonds is 2. The van der Waals surface area contributed by atoms with Crippen LogP contribution in [0.5, 0.6) is 0 Å². The molecule has 1 aromatic heterocycles. The molecule has 1 aliphatic heterocycles. The zero-order valence-electron chi connectivity index (χ0n) is 8.31. The Morgan fingerprint density at radius 2 is 2.50 bits per heavy atom. The van der Waals surface area contributed by atoms with Crippen LogP contribution in [0.3, 0.4) is 0 Å². The molecule has 2 N–H and O–H groups in total. The van der Waals surface area contributed by atoms with Crippen molar-refractivity contribution in [2.45, 2.75) is 18.9 Å². The Morgan fingerprint density at radius 1 is 1.64 bits per heavy atom. The SMILES string of the molecule is Cn1ccnc1C(N)C1=COCCC1. The molecule has 0 fully saturated rings. The summed E-state index contributed by atoms with van der Waals surface area (Å²) in [5.74, 6) is 0.891. The normalized spacial score (nSPS) is 18.6. The first-order chi connectivity index (χ1) is 6.79. The average Bonchev–Trinajstić information content (AvgIpc) is 2.65. The monoisotopic (exact) mass is 193 g/mol. The number of imidazole rings is 1. The fraction of sp³-hybridized carbons (Fsp3) is 0.500. The maximum Gasteiger partial charge on any atom is 0.129 e. The van der Waals surface area contributed by atoms with Crippen LogP contribution in [-0.2, 0) is 11.8 Å². The molecule has 0 saturated heterocycles. The third kappa shape index (κ3) is 1.65. The Kier molecular flexibility index (Phi) is 2.54. The molecule has 2 rings (SSSR count). The van der Waals surface area contributed by atoms with E-state index in [0.717, 1.165) is 30.8 Å². The van der Waals surface area contributed by atoms with Crippen molar-refractivity contribution in [3.05, 3.63) is 30.1 Å². The zero-order valence-corrected chi connectivity index (χ0v) is 8.31. The van der Waals surface area contributed by atoms with Crippen molar-refractivity contribution in [3.63, 3.8) is 0 Å². The van der Waals surface area contributed by atoms with Gasteiger partial charge in [0, 0.05) is 19.4 Å². The largest absolute Gasteiger partial charge is 0.501 e. The molecule has 0 aliphatic carbocycles. The predicted molar refractivity (Wildman–Crippen MR) is 53.4 cm³/mol. The number of aromatic nitrogens is 2. The summed E-state index contributed by atoms with van der Waals surface area (Å²) < 4.78 is 7.21. The second-order valence-corrected chi connectivity index (χ2v) is 3.54. The Hall–Kier alpha value is -1.29. The predicted octanol–water partition coefficient (Wildman–Crippen LogP) is 1.11. The van der Waals surface area contributed by atoms with Gasteiger partial charge in [-0.05, 0) is 18.4 Å². The zero-order chi connectivity index (χ0) is 9.97. The van der Waals surface area contributed by atoms with Crippen LogP contribution in [0.2, 0.25) is 0 Å². The standard InChI is InChI=1S/C10H15N3O/c1-13-5-4-12-10(13)9(11)8-3-2-6-14-7-8/h4-5,7,9H,2-3,6,11H2,1H3. The van der Waals surface area contributed by atoms with Gasteiger partial charge >= 0.3 is 0 Å². The van der Waals surface area contributed by atoms with Crippen LogP contribution in [-0.4, -0.2) is 16.2 Å². The van der Waals surface area contributed by atoms with Crippen LogP contribution < -0.4 is 5.73 Å². The molecular formula is C10H15N3O. The fourth-order valence-electron chi connectivity index (χ4n) is 1.66. The van der Waals surface area contributed by atoms with Gasteiger partial charge in [0.05, 0.1) is 18.9 Å². The number of nitrogens with two attached hydrogens (primary N) is 1. The molecule has 1 aliphatic rings. The third-order valence-corrected chi connectivity index (χ3v) is 2.50. The summed E-state index contributed by atoms with van der Waals surface area (Å²) in [4.78, 5) is 4.23. The maximum absolute atomic E-state index is 6.08. The van der Waals surface area contributed by atoms with Crippen molar-refractivity contribution in [1.82, 2.24) is 9.55 Å². The quantitative estimate of drug-likeness (QED) is 0.765. The van der Waals surface area contributed by atoms with Gasteiger partial charge in [-0.15, -0.1) is 0 Å². The van der Waals surface area contributed by atoms with Crippen molar-refractivity contribution in [3.8, 4) is 0 Å². The van der Waals surface area contributed by atoms with E-state index in [1.807, 2.05) is 17.8 Å². The highest BCUT2D eigenvalue weighted by Crippen LogP contribution is 2.23. The van der Waals surface area contributed by atoms with Gasteiger partial charge in [0.1, 0.15) is 5.82 Å². The smallest absolute Gasteiger partial charge is 0.129 e. The first-order valence-electron chi connectivity index (χ1n) is 4.82. The number of nitrogens with zero attached hydrogens (tertiary/aromatic N) is 2. The van der Waals surface area contributed by atoms with E-state index in [2.05, 4.69) is 4.98 Å². The molecule has 0 radical (unpaired) electrons. The van der Waals surface area contributed by atoms with E-state index >= 15 is 0 Å². The fourth-order valence-corrected chi connectivity index (χ4v) is 1.66. The summed E-state index contributed by atoms with van der Waals surface area (Å²) in [5, 5.41) is 0. The molecule has 2 heterocycles. The molecule has 0 amide bonds. The van der Waals surface area contributed by atoms with Crippen LogP contribution in [0.4, 0.5) is 0 Å². The minimum atomic E-state index is -0.129. The molecule has 14 heavy (non-hydrogen) atoms. The lowest BCUT2D eigenvalue weighted by Crippen LogP contribution is -2.19. The third-order valence-electron chi connectivity index (χ3n) is 2.50. The highest BCUT2D eigenvalue weighted by atomic mass is 16.5. The van der Waals surface area contributed by atoms with Gasteiger partial charge in [-0.2, -0.15) is 0 Å². The Labute approximate surface area is 83.4 Å². The van der Waals surface area contributed by atoms with E-state index in [-0.39, 0.29) is 6.04 Å². The van der Waals surface area contributed by atoms with Gasteiger partial charge in [0.15, 0.2) is 0 Å². The first-order valence-corrected chi connectivity index (χ1v) is 4.82. The van der Waals surface area contributed by atoms with Gasteiger partial charge in [-0.3, -0.25) is 0 Å². The minimum absolute atomic E-state index is 0.129. The lowest BCUT2D eigenvalue weighted by Gasteiger charge is -2.19. The molecular weight excluding hydrogens is 178 g/mol. The molecule has 0 saturated carbocycles. The van der Waals surface area contributed by atoms with Gasteiger partial charge in [-0.1, -0.05) is 0 Å². The summed E-state index contributed by atoms with van der Waals surface area (Å²) in [5.41, 5.74) is 7.21. The summed E-state index contributed by atoms with van der Waals surface area (Å²) in [6.07, 6.45) is 7.50. The van der Waals surface area contributed by atoms with E-state index in [0.29, 0.717) is 0 Å². The highest BCUT2D eigenvalue weighted by Gasteiger charge is 2.17. The van der Waals surface area contributed by atoms with Crippen molar-refractivity contribution in [2.24, 2.45) is 12.8 Å². The highest BCUT2D eigenvalue weighted by molar-refractivity contribution is 5.17. The second-order valence-electron chi connectivity index (χ2n) is 3.54. The van der Waals surface area contributed by atoms with Gasteiger partial charge < -0.3 is 15.0 Å². The van der Waals surface area contributed by atoms with Crippen LogP contribution >= 0.6 is 0 Å². The van der Waals surface area contributed by atoms with Crippen molar-refractivity contribution in [2.75, 3.05) is 6.61 Å². The topological polar surface area (TPSA) is 53.1 Å². The van der Waals surface area contributed by atoms with Crippen molar-refractivity contribution >= 4 is 0 Å². The lowest BCUT2D eigenvalue weighted by molar-refractivity contribution is 0.221. The molecule has 4 heteroatoms. The van der Waals surface area contributed by atoms with E-state index in [1.54, 1.807) is 12.5 Å². The number of hydrogen-bond donors (Lipinski definition) is 1. The van der Waals surface area contributed by atoms with Gasteiger partial charge in [0.25, 0.3) is 0 Å². The van der Waals surface area contributed by atoms with Gasteiger partial charge in [-0.25, -0.2) is 4.98 Å². The summed E-state index contributed by atoms with van der Waals surface area (Å²) in [6, 6.07) is -0.129. The molecule has 0 spiro atoms. The minimum Gasteiger partial charge on any atom is -0.501 e. The van der Waals surface area contributed by atoms with Crippen molar-refractivity contribution in [1.29, 1.82) is 0 Å². The maximum atomic E-state index is 6.08. The molecule has 1 unspecified atom stereocenters. The van der Waals surface area contributed by atoms with Crippen LogP contribution in [0.1, 0.15) is 24.7 Å². The Morgan fingerprint density at radius 3 is 3.07 bits per heavy atom. The second kappa shape index (κ2) is 3.84. The Bertz CT molecular complexity index is 343. The van der Waals surface area contributed by atoms with Crippen LogP contribution in [0.25, 0.3) is 0 Å². The first kappa shape index (κ1) is 9.27. The van der Waals surface area contributed by atoms with Crippen LogP contribution in [0, 0.1) is 0 Å². The van der Waals surface area contributed by atoms with Gasteiger partial charge in [0.2, 0.25) is 0 Å². The molecule has 0 aromatic carbocycles. The summed E-state index contributed by atoms with van der Waals surface area (Å²) >= 11 is 0. The molecule has 4 nitrogen and oxygen atoms in total. The molecule has 0 bridgehead atoms. The summed E-state index contributed by atoms with van der Waals surface area (Å²) in [7, 11) is 1.95. The molecule has 1 aromatic rings. The van der Waals surface area contributed by atoms with Crippen molar-refractivity contribution < 1.29 is 4.74 Å².